The van der Waals surface area contributed by atoms with Gasteiger partial charge < -0.3 is 18.8 Å². The van der Waals surface area contributed by atoms with Gasteiger partial charge in [0.05, 0.1) is 37.3 Å². The average molecular weight is 420 g/mol. The Morgan fingerprint density at radius 1 is 1.03 bits per heavy atom. The number of carbonyl (C=O) groups excluding carboxylic acids is 1. The average Bonchev–Trinajstić information content (AvgIpc) is 3.10. The third kappa shape index (κ3) is 3.49. The normalized spacial score (nSPS) is 19.1. The van der Waals surface area contributed by atoms with Crippen LogP contribution in [0.15, 0.2) is 57.7 Å². The first kappa shape index (κ1) is 19.8. The molecule has 0 unspecified atom stereocenters. The van der Waals surface area contributed by atoms with E-state index < -0.39 is 6.04 Å². The van der Waals surface area contributed by atoms with E-state index in [0.717, 1.165) is 18.7 Å². The number of hydrogen-bond donors (Lipinski definition) is 0. The molecule has 2 aromatic carbocycles. The largest absolute Gasteiger partial charge is 0.497 e. The summed E-state index contributed by atoms with van der Waals surface area (Å²) in [6, 6.07) is 14.3. The van der Waals surface area contributed by atoms with Gasteiger partial charge in [-0.15, -0.1) is 0 Å². The molecule has 3 heterocycles. The van der Waals surface area contributed by atoms with Crippen LogP contribution >= 0.6 is 0 Å². The monoisotopic (exact) mass is 420 g/mol. The van der Waals surface area contributed by atoms with Gasteiger partial charge in [0.25, 0.3) is 5.91 Å². The van der Waals surface area contributed by atoms with Crippen molar-refractivity contribution in [1.29, 1.82) is 0 Å². The van der Waals surface area contributed by atoms with E-state index in [1.165, 1.54) is 0 Å². The second-order valence-corrected chi connectivity index (χ2v) is 7.80. The van der Waals surface area contributed by atoms with Gasteiger partial charge in [0.15, 0.2) is 5.43 Å². The number of nitrogens with zero attached hydrogens (tertiary/aromatic N) is 2. The fourth-order valence-electron chi connectivity index (χ4n) is 4.41. The Bertz CT molecular complexity index is 1170. The van der Waals surface area contributed by atoms with Crippen LogP contribution in [0.25, 0.3) is 11.0 Å². The van der Waals surface area contributed by atoms with Crippen LogP contribution in [0.3, 0.4) is 0 Å². The van der Waals surface area contributed by atoms with E-state index in [4.69, 9.17) is 13.9 Å². The summed E-state index contributed by atoms with van der Waals surface area (Å²) < 4.78 is 16.7. The molecule has 5 rings (SSSR count). The van der Waals surface area contributed by atoms with E-state index in [0.29, 0.717) is 48.6 Å². The van der Waals surface area contributed by atoms with Crippen molar-refractivity contribution in [2.45, 2.75) is 6.04 Å². The lowest BCUT2D eigenvalue weighted by Crippen LogP contribution is -2.42. The zero-order valence-electron chi connectivity index (χ0n) is 17.4. The van der Waals surface area contributed by atoms with Crippen LogP contribution in [-0.4, -0.2) is 62.2 Å². The minimum Gasteiger partial charge on any atom is -0.497 e. The van der Waals surface area contributed by atoms with Crippen molar-refractivity contribution in [3.63, 3.8) is 0 Å². The van der Waals surface area contributed by atoms with E-state index in [9.17, 15) is 9.59 Å². The quantitative estimate of drug-likeness (QED) is 0.632. The maximum Gasteiger partial charge on any atom is 0.290 e. The minimum atomic E-state index is -0.465. The zero-order valence-corrected chi connectivity index (χ0v) is 17.4. The molecule has 1 aromatic heterocycles. The Morgan fingerprint density at radius 2 is 1.81 bits per heavy atom. The van der Waals surface area contributed by atoms with Crippen LogP contribution in [-0.2, 0) is 4.74 Å². The molecule has 31 heavy (non-hydrogen) atoms. The standard InChI is InChI=1S/C24H24N2O5/c1-29-17-7-8-18-19(15-17)31-23-20(22(18)27)21(16-5-3-2-4-6-16)26(24(23)28)10-9-25-11-13-30-14-12-25/h2-8,15,21H,9-14H2,1H3/t21-/m0/s1. The highest BCUT2D eigenvalue weighted by molar-refractivity contribution is 5.99. The van der Waals surface area contributed by atoms with E-state index >= 15 is 0 Å². The first-order valence-corrected chi connectivity index (χ1v) is 10.5. The van der Waals surface area contributed by atoms with Crippen LogP contribution < -0.4 is 10.2 Å². The molecule has 2 aliphatic rings. The van der Waals surface area contributed by atoms with E-state index in [1.54, 1.807) is 30.2 Å². The second-order valence-electron chi connectivity index (χ2n) is 7.80. The maximum absolute atomic E-state index is 13.5. The predicted octanol–water partition coefficient (Wildman–Crippen LogP) is 2.68. The number of rotatable bonds is 5. The number of ether oxygens (including phenoxy) is 2. The van der Waals surface area contributed by atoms with Crippen molar-refractivity contribution >= 4 is 16.9 Å². The summed E-state index contributed by atoms with van der Waals surface area (Å²) in [5, 5.41) is 0.448. The molecule has 0 radical (unpaired) electrons. The van der Waals surface area contributed by atoms with Gasteiger partial charge in [0.2, 0.25) is 5.76 Å². The molecule has 2 aliphatic heterocycles. The van der Waals surface area contributed by atoms with Gasteiger partial charge >= 0.3 is 0 Å². The maximum atomic E-state index is 13.5. The summed E-state index contributed by atoms with van der Waals surface area (Å²) in [5.41, 5.74) is 1.50. The Morgan fingerprint density at radius 3 is 2.55 bits per heavy atom. The third-order valence-corrected chi connectivity index (χ3v) is 6.05. The molecule has 1 atom stereocenters. The molecule has 3 aromatic rings. The number of methoxy groups -OCH3 is 1. The van der Waals surface area contributed by atoms with E-state index in [1.807, 2.05) is 30.3 Å². The van der Waals surface area contributed by atoms with Crippen molar-refractivity contribution in [3.05, 3.63) is 75.6 Å². The molecule has 0 N–H and O–H groups in total. The molecular formula is C24H24N2O5. The van der Waals surface area contributed by atoms with Gasteiger partial charge in [-0.05, 0) is 17.7 Å². The summed E-state index contributed by atoms with van der Waals surface area (Å²) in [6.07, 6.45) is 0. The molecule has 1 amide bonds. The number of morpholine rings is 1. The number of hydrogen-bond acceptors (Lipinski definition) is 6. The van der Waals surface area contributed by atoms with E-state index in [-0.39, 0.29) is 17.1 Å². The summed E-state index contributed by atoms with van der Waals surface area (Å²) in [7, 11) is 1.55. The van der Waals surface area contributed by atoms with Gasteiger partial charge in [0, 0.05) is 32.2 Å². The van der Waals surface area contributed by atoms with Crippen molar-refractivity contribution in [2.75, 3.05) is 46.5 Å². The molecule has 160 valence electrons. The molecule has 0 aliphatic carbocycles. The molecule has 7 heteroatoms. The van der Waals surface area contributed by atoms with Gasteiger partial charge in [0.1, 0.15) is 11.3 Å². The van der Waals surface area contributed by atoms with Gasteiger partial charge in [-0.25, -0.2) is 0 Å². The zero-order chi connectivity index (χ0) is 21.4. The summed E-state index contributed by atoms with van der Waals surface area (Å²) in [4.78, 5) is 31.0. The second kappa shape index (κ2) is 8.17. The lowest BCUT2D eigenvalue weighted by atomic mass is 9.98. The smallest absolute Gasteiger partial charge is 0.290 e. The lowest BCUT2D eigenvalue weighted by Gasteiger charge is -2.31. The molecule has 0 saturated carbocycles. The Kier molecular flexibility index (Phi) is 5.21. The Labute approximate surface area is 179 Å². The van der Waals surface area contributed by atoms with Crippen LogP contribution in [0.2, 0.25) is 0 Å². The van der Waals surface area contributed by atoms with E-state index in [2.05, 4.69) is 4.90 Å². The number of carbonyl (C=O) groups is 1. The summed E-state index contributed by atoms with van der Waals surface area (Å²) >= 11 is 0. The van der Waals surface area contributed by atoms with Gasteiger partial charge in [-0.3, -0.25) is 14.5 Å². The Hall–Kier alpha value is -3.16. The van der Waals surface area contributed by atoms with Gasteiger partial charge in [-0.1, -0.05) is 30.3 Å². The summed E-state index contributed by atoms with van der Waals surface area (Å²) in [5.74, 6) is 0.449. The molecule has 0 spiro atoms. The van der Waals surface area contributed by atoms with Crippen molar-refractivity contribution in [1.82, 2.24) is 9.80 Å². The van der Waals surface area contributed by atoms with Crippen molar-refractivity contribution < 1.29 is 18.7 Å². The van der Waals surface area contributed by atoms with Crippen LogP contribution in [0.5, 0.6) is 5.75 Å². The minimum absolute atomic E-state index is 0.126. The first-order chi connectivity index (χ1) is 15.2. The number of amides is 1. The van der Waals surface area contributed by atoms with Crippen molar-refractivity contribution in [3.8, 4) is 5.75 Å². The fraction of sp³-hybridized carbons (Fsp3) is 0.333. The predicted molar refractivity (Wildman–Crippen MR) is 116 cm³/mol. The lowest BCUT2D eigenvalue weighted by molar-refractivity contribution is 0.0314. The number of fused-ring (bicyclic) bond motifs is 2. The van der Waals surface area contributed by atoms with Gasteiger partial charge in [-0.2, -0.15) is 0 Å². The first-order valence-electron chi connectivity index (χ1n) is 10.5. The number of benzene rings is 2. The van der Waals surface area contributed by atoms with Crippen LogP contribution in [0.1, 0.15) is 27.7 Å². The molecule has 1 fully saturated rings. The molecular weight excluding hydrogens is 396 g/mol. The highest BCUT2D eigenvalue weighted by Crippen LogP contribution is 2.38. The van der Waals surface area contributed by atoms with Crippen LogP contribution in [0.4, 0.5) is 0 Å². The topological polar surface area (TPSA) is 72.2 Å². The summed E-state index contributed by atoms with van der Waals surface area (Å²) in [6.45, 7) is 4.29. The van der Waals surface area contributed by atoms with Crippen molar-refractivity contribution in [2.24, 2.45) is 0 Å². The Balaban J connectivity index is 1.59. The molecule has 7 nitrogen and oxygen atoms in total. The third-order valence-electron chi connectivity index (χ3n) is 6.05. The molecule has 1 saturated heterocycles. The van der Waals surface area contributed by atoms with Crippen LogP contribution in [0, 0.1) is 0 Å². The fourth-order valence-corrected chi connectivity index (χ4v) is 4.41. The highest BCUT2D eigenvalue weighted by Gasteiger charge is 2.42. The highest BCUT2D eigenvalue weighted by atomic mass is 16.5. The molecule has 0 bridgehead atoms. The SMILES string of the molecule is COc1ccc2c(=O)c3c(oc2c1)C(=O)N(CCN1CCOCC1)[C@H]3c1ccccc1.